The van der Waals surface area contributed by atoms with Crippen LogP contribution < -0.4 is 11.1 Å². The summed E-state index contributed by atoms with van der Waals surface area (Å²) < 4.78 is 0.983. The van der Waals surface area contributed by atoms with Crippen molar-refractivity contribution in [2.75, 3.05) is 5.32 Å². The Morgan fingerprint density at radius 1 is 1.50 bits per heavy atom. The van der Waals surface area contributed by atoms with Crippen LogP contribution in [-0.2, 0) is 0 Å². The highest BCUT2D eigenvalue weighted by molar-refractivity contribution is 9.10. The predicted octanol–water partition coefficient (Wildman–Crippen LogP) is 3.23. The fourth-order valence-electron chi connectivity index (χ4n) is 1.12. The standard InChI is InChI=1S/C10H13BrN2S/c1-6(2)7-3-4-9(8(11)5-7)13-10(12)14/h3-6H,1-2H3,(H3,12,13,14). The van der Waals surface area contributed by atoms with Crippen molar-refractivity contribution in [2.45, 2.75) is 19.8 Å². The molecule has 0 saturated heterocycles. The molecular formula is C10H13BrN2S. The monoisotopic (exact) mass is 272 g/mol. The number of nitrogens with two attached hydrogens (primary N) is 1. The normalized spacial score (nSPS) is 10.3. The number of rotatable bonds is 2. The second kappa shape index (κ2) is 4.75. The third kappa shape index (κ3) is 2.96. The Balaban J connectivity index is 2.95. The first-order valence-corrected chi connectivity index (χ1v) is 5.56. The Hall–Kier alpha value is -0.610. The minimum absolute atomic E-state index is 0.281. The lowest BCUT2D eigenvalue weighted by atomic mass is 10.0. The molecule has 0 bridgehead atoms. The van der Waals surface area contributed by atoms with E-state index >= 15 is 0 Å². The molecule has 0 atom stereocenters. The van der Waals surface area contributed by atoms with Crippen LogP contribution in [0.15, 0.2) is 22.7 Å². The van der Waals surface area contributed by atoms with Gasteiger partial charge >= 0.3 is 0 Å². The van der Waals surface area contributed by atoms with Crippen molar-refractivity contribution < 1.29 is 0 Å². The van der Waals surface area contributed by atoms with Crippen LogP contribution >= 0.6 is 28.1 Å². The Bertz CT molecular complexity index is 350. The topological polar surface area (TPSA) is 38.0 Å². The molecule has 4 heteroatoms. The van der Waals surface area contributed by atoms with Crippen molar-refractivity contribution in [3.8, 4) is 0 Å². The van der Waals surface area contributed by atoms with Gasteiger partial charge in [-0.15, -0.1) is 0 Å². The third-order valence-corrected chi connectivity index (χ3v) is 2.68. The maximum atomic E-state index is 5.39. The summed E-state index contributed by atoms with van der Waals surface area (Å²) in [5.41, 5.74) is 7.58. The van der Waals surface area contributed by atoms with Gasteiger partial charge in [-0.1, -0.05) is 19.9 Å². The smallest absolute Gasteiger partial charge is 0.168 e. The zero-order valence-corrected chi connectivity index (χ0v) is 10.6. The molecule has 0 heterocycles. The lowest BCUT2D eigenvalue weighted by Crippen LogP contribution is -2.19. The van der Waals surface area contributed by atoms with Gasteiger partial charge in [0.25, 0.3) is 0 Å². The molecule has 76 valence electrons. The second-order valence-electron chi connectivity index (χ2n) is 3.38. The molecule has 0 aliphatic heterocycles. The highest BCUT2D eigenvalue weighted by Crippen LogP contribution is 2.26. The number of hydrogen-bond donors (Lipinski definition) is 2. The lowest BCUT2D eigenvalue weighted by Gasteiger charge is -2.10. The quantitative estimate of drug-likeness (QED) is 0.812. The molecule has 0 spiro atoms. The fourth-order valence-corrected chi connectivity index (χ4v) is 1.73. The van der Waals surface area contributed by atoms with Gasteiger partial charge in [0.2, 0.25) is 0 Å². The summed E-state index contributed by atoms with van der Waals surface area (Å²) in [4.78, 5) is 0. The number of anilines is 1. The van der Waals surface area contributed by atoms with Crippen LogP contribution in [0.2, 0.25) is 0 Å². The number of nitrogens with one attached hydrogen (secondary N) is 1. The summed E-state index contributed by atoms with van der Waals surface area (Å²) in [7, 11) is 0. The molecule has 1 aromatic carbocycles. The van der Waals surface area contributed by atoms with Crippen molar-refractivity contribution in [2.24, 2.45) is 5.73 Å². The van der Waals surface area contributed by atoms with Crippen LogP contribution in [0.3, 0.4) is 0 Å². The molecule has 14 heavy (non-hydrogen) atoms. The van der Waals surface area contributed by atoms with Gasteiger partial charge in [0.05, 0.1) is 5.69 Å². The first-order chi connectivity index (χ1) is 6.50. The van der Waals surface area contributed by atoms with Crippen molar-refractivity contribution in [1.82, 2.24) is 0 Å². The van der Waals surface area contributed by atoms with E-state index < -0.39 is 0 Å². The maximum absolute atomic E-state index is 5.39. The maximum Gasteiger partial charge on any atom is 0.168 e. The summed E-state index contributed by atoms with van der Waals surface area (Å²) in [6.07, 6.45) is 0. The van der Waals surface area contributed by atoms with Crippen LogP contribution in [0, 0.1) is 0 Å². The van der Waals surface area contributed by atoms with E-state index in [9.17, 15) is 0 Å². The van der Waals surface area contributed by atoms with E-state index in [0.717, 1.165) is 10.2 Å². The first-order valence-electron chi connectivity index (χ1n) is 4.36. The lowest BCUT2D eigenvalue weighted by molar-refractivity contribution is 0.866. The molecule has 0 fully saturated rings. The van der Waals surface area contributed by atoms with Crippen molar-refractivity contribution in [3.05, 3.63) is 28.2 Å². The average Bonchev–Trinajstić information content (AvgIpc) is 2.07. The van der Waals surface area contributed by atoms with E-state index in [4.69, 9.17) is 18.0 Å². The van der Waals surface area contributed by atoms with Crippen molar-refractivity contribution in [1.29, 1.82) is 0 Å². The molecule has 0 amide bonds. The van der Waals surface area contributed by atoms with E-state index in [1.54, 1.807) is 0 Å². The predicted molar refractivity (Wildman–Crippen MR) is 68.6 cm³/mol. The molecule has 0 aliphatic rings. The van der Waals surface area contributed by atoms with Gasteiger partial charge in [-0.2, -0.15) is 0 Å². The van der Waals surface area contributed by atoms with E-state index in [0.29, 0.717) is 5.92 Å². The van der Waals surface area contributed by atoms with Crippen LogP contribution in [0.4, 0.5) is 5.69 Å². The number of halogens is 1. The molecule has 0 saturated carbocycles. The number of hydrogen-bond acceptors (Lipinski definition) is 1. The average molecular weight is 273 g/mol. The number of thiocarbonyl (C=S) groups is 1. The summed E-state index contributed by atoms with van der Waals surface area (Å²) in [6.45, 7) is 4.31. The van der Waals surface area contributed by atoms with Gasteiger partial charge in [0.1, 0.15) is 0 Å². The minimum Gasteiger partial charge on any atom is -0.376 e. The molecule has 3 N–H and O–H groups in total. The molecule has 0 radical (unpaired) electrons. The summed E-state index contributed by atoms with van der Waals surface area (Å²) >= 11 is 8.23. The third-order valence-electron chi connectivity index (χ3n) is 1.92. The van der Waals surface area contributed by atoms with Gasteiger partial charge in [0, 0.05) is 4.47 Å². The summed E-state index contributed by atoms with van der Waals surface area (Å²) in [5.74, 6) is 0.519. The van der Waals surface area contributed by atoms with Gasteiger partial charge in [-0.25, -0.2) is 0 Å². The van der Waals surface area contributed by atoms with Crippen LogP contribution in [0.5, 0.6) is 0 Å². The minimum atomic E-state index is 0.281. The highest BCUT2D eigenvalue weighted by atomic mass is 79.9. The van der Waals surface area contributed by atoms with Crippen LogP contribution in [0.1, 0.15) is 25.3 Å². The number of benzene rings is 1. The zero-order chi connectivity index (χ0) is 10.7. The van der Waals surface area contributed by atoms with E-state index in [2.05, 4.69) is 47.2 Å². The Kier molecular flexibility index (Phi) is 3.89. The first kappa shape index (κ1) is 11.5. The summed E-state index contributed by atoms with van der Waals surface area (Å²) in [5, 5.41) is 3.18. The Morgan fingerprint density at radius 2 is 2.14 bits per heavy atom. The molecule has 2 nitrogen and oxygen atoms in total. The van der Waals surface area contributed by atoms with Gasteiger partial charge in [0.15, 0.2) is 5.11 Å². The van der Waals surface area contributed by atoms with E-state index in [1.165, 1.54) is 5.56 Å². The SMILES string of the molecule is CC(C)c1ccc(NC(N)=S)c(Br)c1. The molecule has 0 aliphatic carbocycles. The zero-order valence-electron chi connectivity index (χ0n) is 8.17. The van der Waals surface area contributed by atoms with E-state index in [1.807, 2.05) is 6.07 Å². The van der Waals surface area contributed by atoms with Crippen LogP contribution in [0.25, 0.3) is 0 Å². The molecule has 1 rings (SSSR count). The largest absolute Gasteiger partial charge is 0.376 e. The van der Waals surface area contributed by atoms with Gasteiger partial charge in [-0.3, -0.25) is 0 Å². The fraction of sp³-hybridized carbons (Fsp3) is 0.300. The van der Waals surface area contributed by atoms with Crippen molar-refractivity contribution >= 4 is 38.9 Å². The van der Waals surface area contributed by atoms with Crippen molar-refractivity contribution in [3.63, 3.8) is 0 Å². The van der Waals surface area contributed by atoms with E-state index in [-0.39, 0.29) is 5.11 Å². The second-order valence-corrected chi connectivity index (χ2v) is 4.68. The molecular weight excluding hydrogens is 260 g/mol. The van der Waals surface area contributed by atoms with Crippen LogP contribution in [-0.4, -0.2) is 5.11 Å². The summed E-state index contributed by atoms with van der Waals surface area (Å²) in [6, 6.07) is 6.11. The Morgan fingerprint density at radius 3 is 2.57 bits per heavy atom. The highest BCUT2D eigenvalue weighted by Gasteiger charge is 2.04. The Labute approximate surface area is 98.0 Å². The molecule has 0 unspecified atom stereocenters. The van der Waals surface area contributed by atoms with Gasteiger partial charge in [-0.05, 0) is 51.8 Å². The molecule has 1 aromatic rings. The molecule has 0 aromatic heterocycles. The van der Waals surface area contributed by atoms with Gasteiger partial charge < -0.3 is 11.1 Å².